The number of para-hydroxylation sites is 1. The summed E-state index contributed by atoms with van der Waals surface area (Å²) in [5, 5.41) is 8.72. The van der Waals surface area contributed by atoms with E-state index in [4.69, 9.17) is 0 Å². The Bertz CT molecular complexity index is 1160. The van der Waals surface area contributed by atoms with Gasteiger partial charge in [0.05, 0.1) is 11.1 Å². The number of pyridine rings is 1. The Morgan fingerprint density at radius 2 is 1.71 bits per heavy atom. The third kappa shape index (κ3) is 6.93. The first kappa shape index (κ1) is 24.5. The highest BCUT2D eigenvalue weighted by Crippen LogP contribution is 2.15. The molecular weight excluding hydrogens is 439 g/mol. The Kier molecular flexibility index (Phi) is 8.79. The summed E-state index contributed by atoms with van der Waals surface area (Å²) in [5.41, 5.74) is 1.79. The van der Waals surface area contributed by atoms with Crippen molar-refractivity contribution in [2.24, 2.45) is 0 Å². The lowest BCUT2D eigenvalue weighted by atomic mass is 10.1. The molecule has 176 valence electrons. The van der Waals surface area contributed by atoms with Gasteiger partial charge in [-0.1, -0.05) is 30.3 Å². The third-order valence-electron chi connectivity index (χ3n) is 5.12. The molecule has 3 rings (SSSR count). The molecule has 0 spiro atoms. The van der Waals surface area contributed by atoms with Crippen molar-refractivity contribution >= 4 is 34.9 Å². The lowest BCUT2D eigenvalue weighted by Crippen LogP contribution is -2.48. The topological polar surface area (TPSA) is 117 Å². The molecular formula is C25H25FN4O4. The predicted molar refractivity (Wildman–Crippen MR) is 124 cm³/mol. The molecule has 3 amide bonds. The number of nitrogens with zero attached hydrogens (tertiary/aromatic N) is 1. The molecule has 0 aliphatic rings. The molecule has 1 atom stereocenters. The first-order valence-electron chi connectivity index (χ1n) is 10.8. The predicted octanol–water partition coefficient (Wildman–Crippen LogP) is 1.93. The summed E-state index contributed by atoms with van der Waals surface area (Å²) in [6, 6.07) is 13.7. The van der Waals surface area contributed by atoms with Crippen LogP contribution in [0.4, 0.5) is 4.39 Å². The van der Waals surface area contributed by atoms with Crippen molar-refractivity contribution in [2.45, 2.75) is 25.3 Å². The number of rotatable bonds is 11. The number of aromatic nitrogens is 1. The smallest absolute Gasteiger partial charge is 0.253 e. The van der Waals surface area contributed by atoms with Crippen LogP contribution in [0.3, 0.4) is 0 Å². The molecule has 2 aromatic carbocycles. The van der Waals surface area contributed by atoms with Crippen molar-refractivity contribution < 1.29 is 23.6 Å². The Morgan fingerprint density at radius 1 is 0.971 bits per heavy atom. The van der Waals surface area contributed by atoms with Crippen LogP contribution >= 0.6 is 0 Å². The summed E-state index contributed by atoms with van der Waals surface area (Å²) in [6.07, 6.45) is 2.45. The van der Waals surface area contributed by atoms with E-state index in [2.05, 4.69) is 20.9 Å². The van der Waals surface area contributed by atoms with E-state index in [1.807, 2.05) is 12.1 Å². The van der Waals surface area contributed by atoms with Gasteiger partial charge in [0.15, 0.2) is 0 Å². The molecule has 1 heterocycles. The van der Waals surface area contributed by atoms with Gasteiger partial charge in [0.2, 0.25) is 11.8 Å². The number of amides is 3. The van der Waals surface area contributed by atoms with E-state index in [9.17, 15) is 23.6 Å². The van der Waals surface area contributed by atoms with Crippen LogP contribution in [0.25, 0.3) is 10.9 Å². The van der Waals surface area contributed by atoms with Crippen LogP contribution in [-0.2, 0) is 20.8 Å². The minimum absolute atomic E-state index is 0.0867. The number of nitrogens with one attached hydrogen (secondary N) is 3. The molecule has 9 heteroatoms. The average molecular weight is 464 g/mol. The SMILES string of the molecule is O=CCC(NC(=O)CCc1ccc(F)cc1)C(=O)NCCNC(=O)c1cccc2cccnc12. The molecule has 34 heavy (non-hydrogen) atoms. The standard InChI is InChI=1S/C25H25FN4O4/c26-19-9-6-17(7-10-19)8-11-22(32)30-21(12-16-31)25(34)29-15-14-28-24(33)20-5-1-3-18-4-2-13-27-23(18)20/h1-7,9-10,13,16,21H,8,11-12,14-15H2,(H,28,33)(H,29,34)(H,30,32). The van der Waals surface area contributed by atoms with Crippen LogP contribution in [0.2, 0.25) is 0 Å². The minimum Gasteiger partial charge on any atom is -0.353 e. The number of benzene rings is 2. The summed E-state index contributed by atoms with van der Waals surface area (Å²) < 4.78 is 13.0. The zero-order valence-electron chi connectivity index (χ0n) is 18.4. The van der Waals surface area contributed by atoms with Crippen LogP contribution in [0.5, 0.6) is 0 Å². The summed E-state index contributed by atoms with van der Waals surface area (Å²) in [6.45, 7) is 0.268. The van der Waals surface area contributed by atoms with Crippen LogP contribution in [-0.4, -0.2) is 48.1 Å². The maximum Gasteiger partial charge on any atom is 0.253 e. The molecule has 1 unspecified atom stereocenters. The first-order chi connectivity index (χ1) is 16.5. The van der Waals surface area contributed by atoms with Gasteiger partial charge in [-0.05, 0) is 36.2 Å². The van der Waals surface area contributed by atoms with Crippen LogP contribution in [0, 0.1) is 5.82 Å². The Labute approximate surface area is 196 Å². The maximum absolute atomic E-state index is 13.0. The van der Waals surface area contributed by atoms with Crippen molar-refractivity contribution in [3.8, 4) is 0 Å². The Hall–Kier alpha value is -4.14. The fourth-order valence-corrected chi connectivity index (χ4v) is 3.37. The highest BCUT2D eigenvalue weighted by atomic mass is 19.1. The van der Waals surface area contributed by atoms with E-state index in [0.29, 0.717) is 23.8 Å². The van der Waals surface area contributed by atoms with Gasteiger partial charge in [-0.15, -0.1) is 0 Å². The quantitative estimate of drug-likeness (QED) is 0.296. The van der Waals surface area contributed by atoms with Crippen LogP contribution in [0.15, 0.2) is 60.8 Å². The molecule has 0 saturated carbocycles. The van der Waals surface area contributed by atoms with E-state index in [0.717, 1.165) is 10.9 Å². The normalized spacial score (nSPS) is 11.4. The minimum atomic E-state index is -1.02. The maximum atomic E-state index is 13.0. The van der Waals surface area contributed by atoms with Crippen LogP contribution in [0.1, 0.15) is 28.8 Å². The van der Waals surface area contributed by atoms with Gasteiger partial charge >= 0.3 is 0 Å². The highest BCUT2D eigenvalue weighted by Gasteiger charge is 2.20. The fourth-order valence-electron chi connectivity index (χ4n) is 3.37. The monoisotopic (exact) mass is 464 g/mol. The Morgan fingerprint density at radius 3 is 2.47 bits per heavy atom. The van der Waals surface area contributed by atoms with E-state index < -0.39 is 17.9 Å². The summed E-state index contributed by atoms with van der Waals surface area (Å²) in [4.78, 5) is 52.4. The summed E-state index contributed by atoms with van der Waals surface area (Å²) in [5.74, 6) is -1.61. The second kappa shape index (κ2) is 12.2. The molecule has 8 nitrogen and oxygen atoms in total. The first-order valence-corrected chi connectivity index (χ1v) is 10.8. The van der Waals surface area contributed by atoms with Crippen molar-refractivity contribution in [2.75, 3.05) is 13.1 Å². The van der Waals surface area contributed by atoms with Gasteiger partial charge in [-0.3, -0.25) is 19.4 Å². The van der Waals surface area contributed by atoms with Gasteiger partial charge < -0.3 is 20.7 Å². The number of aryl methyl sites for hydroxylation is 1. The molecule has 0 fully saturated rings. The van der Waals surface area contributed by atoms with Crippen molar-refractivity contribution in [1.82, 2.24) is 20.9 Å². The number of fused-ring (bicyclic) bond motifs is 1. The van der Waals surface area contributed by atoms with E-state index in [1.54, 1.807) is 36.5 Å². The van der Waals surface area contributed by atoms with Gasteiger partial charge in [-0.25, -0.2) is 4.39 Å². The number of hydrogen-bond donors (Lipinski definition) is 3. The zero-order valence-corrected chi connectivity index (χ0v) is 18.4. The molecule has 0 aliphatic carbocycles. The van der Waals surface area contributed by atoms with Gasteiger partial charge in [-0.2, -0.15) is 0 Å². The lowest BCUT2D eigenvalue weighted by Gasteiger charge is -2.16. The van der Waals surface area contributed by atoms with Crippen molar-refractivity contribution in [3.05, 3.63) is 77.7 Å². The second-order valence-electron chi connectivity index (χ2n) is 7.58. The van der Waals surface area contributed by atoms with Gasteiger partial charge in [0.1, 0.15) is 18.1 Å². The van der Waals surface area contributed by atoms with Crippen LogP contribution < -0.4 is 16.0 Å². The number of hydrogen-bond acceptors (Lipinski definition) is 5. The lowest BCUT2D eigenvalue weighted by molar-refractivity contribution is -0.129. The molecule has 3 aromatic rings. The number of carbonyl (C=O) groups is 4. The van der Waals surface area contributed by atoms with Crippen molar-refractivity contribution in [1.29, 1.82) is 0 Å². The van der Waals surface area contributed by atoms with E-state index >= 15 is 0 Å². The van der Waals surface area contributed by atoms with E-state index in [1.165, 1.54) is 12.1 Å². The fraction of sp³-hybridized carbons (Fsp3) is 0.240. The molecule has 0 radical (unpaired) electrons. The number of aldehydes is 1. The number of halogens is 1. The molecule has 0 aliphatic heterocycles. The number of carbonyl (C=O) groups excluding carboxylic acids is 4. The van der Waals surface area contributed by atoms with E-state index in [-0.39, 0.29) is 37.7 Å². The van der Waals surface area contributed by atoms with Gasteiger partial charge in [0.25, 0.3) is 5.91 Å². The largest absolute Gasteiger partial charge is 0.353 e. The molecule has 0 saturated heterocycles. The molecule has 0 bridgehead atoms. The van der Waals surface area contributed by atoms with Gasteiger partial charge in [0, 0.05) is 37.5 Å². The highest BCUT2D eigenvalue weighted by molar-refractivity contribution is 6.05. The zero-order chi connectivity index (χ0) is 24.3. The molecule has 1 aromatic heterocycles. The summed E-state index contributed by atoms with van der Waals surface area (Å²) >= 11 is 0. The Balaban J connectivity index is 1.44. The summed E-state index contributed by atoms with van der Waals surface area (Å²) in [7, 11) is 0. The molecule has 3 N–H and O–H groups in total. The third-order valence-corrected chi connectivity index (χ3v) is 5.12. The van der Waals surface area contributed by atoms with Crippen molar-refractivity contribution in [3.63, 3.8) is 0 Å². The second-order valence-corrected chi connectivity index (χ2v) is 7.58. The average Bonchev–Trinajstić information content (AvgIpc) is 2.85.